The molecule has 1 aliphatic carbocycles. The summed E-state index contributed by atoms with van der Waals surface area (Å²) < 4.78 is 0. The highest BCUT2D eigenvalue weighted by Gasteiger charge is 2.30. The van der Waals surface area contributed by atoms with Crippen molar-refractivity contribution >= 4 is 17.2 Å². The predicted molar refractivity (Wildman–Crippen MR) is 58.4 cm³/mol. The zero-order valence-corrected chi connectivity index (χ0v) is 9.14. The van der Waals surface area contributed by atoms with Crippen molar-refractivity contribution in [3.63, 3.8) is 0 Å². The van der Waals surface area contributed by atoms with Gasteiger partial charge in [0.15, 0.2) is 0 Å². The minimum absolute atomic E-state index is 0.244. The molecular weight excluding hydrogens is 194 g/mol. The Morgan fingerprint density at radius 3 is 3.07 bits per heavy atom. The minimum Gasteiger partial charge on any atom is -0.353 e. The lowest BCUT2D eigenvalue weighted by molar-refractivity contribution is -0.122. The highest BCUT2D eigenvalue weighted by molar-refractivity contribution is 7.09. The second-order valence-corrected chi connectivity index (χ2v) is 5.00. The van der Waals surface area contributed by atoms with Crippen molar-refractivity contribution in [3.8, 4) is 0 Å². The largest absolute Gasteiger partial charge is 0.353 e. The lowest BCUT2D eigenvalue weighted by Crippen LogP contribution is -2.34. The fourth-order valence-corrected chi connectivity index (χ4v) is 2.32. The van der Waals surface area contributed by atoms with E-state index >= 15 is 0 Å². The molecule has 0 bridgehead atoms. The summed E-state index contributed by atoms with van der Waals surface area (Å²) in [7, 11) is 0. The lowest BCUT2D eigenvalue weighted by atomic mass is 10.2. The second kappa shape index (κ2) is 4.13. The van der Waals surface area contributed by atoms with Gasteiger partial charge in [-0.15, -0.1) is 11.3 Å². The molecule has 14 heavy (non-hydrogen) atoms. The van der Waals surface area contributed by atoms with Crippen LogP contribution in [0, 0.1) is 5.92 Å². The summed E-state index contributed by atoms with van der Waals surface area (Å²) in [6.07, 6.45) is 3.12. The molecule has 0 aliphatic heterocycles. The van der Waals surface area contributed by atoms with E-state index in [1.807, 2.05) is 0 Å². The Hall–Kier alpha value is -0.830. The molecule has 1 fully saturated rings. The van der Waals surface area contributed by atoms with E-state index in [2.05, 4.69) is 29.8 Å². The zero-order valence-electron chi connectivity index (χ0n) is 8.32. The van der Waals surface area contributed by atoms with Gasteiger partial charge in [0, 0.05) is 23.3 Å². The molecule has 76 valence electrons. The maximum absolute atomic E-state index is 11.4. The second-order valence-electron chi connectivity index (χ2n) is 3.97. The smallest absolute Gasteiger partial charge is 0.223 e. The third kappa shape index (κ3) is 2.58. The van der Waals surface area contributed by atoms with Gasteiger partial charge in [-0.1, -0.05) is 6.07 Å². The monoisotopic (exact) mass is 209 g/mol. The number of thiophene rings is 1. The SMILES string of the molecule is CC(Cc1cccs1)NC(=O)C1CC1. The predicted octanol–water partition coefficient (Wildman–Crippen LogP) is 2.21. The number of carbonyl (C=O) groups excluding carboxylic acids is 1. The van der Waals surface area contributed by atoms with Crippen LogP contribution < -0.4 is 5.32 Å². The van der Waals surface area contributed by atoms with Crippen LogP contribution in [0.25, 0.3) is 0 Å². The number of carbonyl (C=O) groups is 1. The fourth-order valence-electron chi connectivity index (χ4n) is 1.49. The molecule has 0 saturated heterocycles. The van der Waals surface area contributed by atoms with Crippen LogP contribution in [-0.2, 0) is 11.2 Å². The van der Waals surface area contributed by atoms with E-state index in [4.69, 9.17) is 0 Å². The van der Waals surface area contributed by atoms with E-state index in [1.54, 1.807) is 11.3 Å². The molecule has 3 heteroatoms. The van der Waals surface area contributed by atoms with Crippen LogP contribution in [0.2, 0.25) is 0 Å². The maximum Gasteiger partial charge on any atom is 0.223 e. The summed E-state index contributed by atoms with van der Waals surface area (Å²) in [6, 6.07) is 4.43. The first-order valence-electron chi connectivity index (χ1n) is 5.08. The molecule has 1 unspecified atom stereocenters. The first-order valence-corrected chi connectivity index (χ1v) is 5.96. The average Bonchev–Trinajstić information content (AvgIpc) is 2.87. The molecule has 1 saturated carbocycles. The zero-order chi connectivity index (χ0) is 9.97. The van der Waals surface area contributed by atoms with Crippen molar-refractivity contribution < 1.29 is 4.79 Å². The van der Waals surface area contributed by atoms with Crippen LogP contribution in [-0.4, -0.2) is 11.9 Å². The van der Waals surface area contributed by atoms with Crippen LogP contribution in [0.5, 0.6) is 0 Å². The molecule has 2 rings (SSSR count). The number of amides is 1. The summed E-state index contributed by atoms with van der Waals surface area (Å²) in [4.78, 5) is 12.8. The summed E-state index contributed by atoms with van der Waals surface area (Å²) >= 11 is 1.75. The summed E-state index contributed by atoms with van der Waals surface area (Å²) in [5, 5.41) is 5.12. The molecule has 1 aliphatic rings. The Bertz CT molecular complexity index is 303. The van der Waals surface area contributed by atoms with Gasteiger partial charge in [0.05, 0.1) is 0 Å². The molecule has 1 aromatic heterocycles. The molecule has 2 nitrogen and oxygen atoms in total. The van der Waals surface area contributed by atoms with Crippen molar-refractivity contribution in [1.82, 2.24) is 5.32 Å². The third-order valence-corrected chi connectivity index (χ3v) is 3.32. The quantitative estimate of drug-likeness (QED) is 0.809. The summed E-state index contributed by atoms with van der Waals surface area (Å²) in [5.74, 6) is 0.565. The van der Waals surface area contributed by atoms with E-state index in [0.29, 0.717) is 5.92 Å². The summed E-state index contributed by atoms with van der Waals surface area (Å²) in [5.41, 5.74) is 0. The van der Waals surface area contributed by atoms with E-state index in [-0.39, 0.29) is 11.9 Å². The molecular formula is C11H15NOS. The number of hydrogen-bond acceptors (Lipinski definition) is 2. The van der Waals surface area contributed by atoms with Gasteiger partial charge < -0.3 is 5.32 Å². The Morgan fingerprint density at radius 2 is 2.50 bits per heavy atom. The van der Waals surface area contributed by atoms with E-state index < -0.39 is 0 Å². The molecule has 1 aromatic rings. The first-order chi connectivity index (χ1) is 6.75. The molecule has 1 atom stereocenters. The lowest BCUT2D eigenvalue weighted by Gasteiger charge is -2.12. The van der Waals surface area contributed by atoms with Crippen molar-refractivity contribution in [3.05, 3.63) is 22.4 Å². The van der Waals surface area contributed by atoms with Gasteiger partial charge in [0.2, 0.25) is 5.91 Å². The number of rotatable bonds is 4. The van der Waals surface area contributed by atoms with Gasteiger partial charge in [0.25, 0.3) is 0 Å². The van der Waals surface area contributed by atoms with Crippen molar-refractivity contribution in [1.29, 1.82) is 0 Å². The number of nitrogens with one attached hydrogen (secondary N) is 1. The van der Waals surface area contributed by atoms with Crippen LogP contribution >= 0.6 is 11.3 Å². The van der Waals surface area contributed by atoms with Crippen LogP contribution in [0.3, 0.4) is 0 Å². The first kappa shape index (κ1) is 9.71. The Labute approximate surface area is 88.3 Å². The van der Waals surface area contributed by atoms with Crippen LogP contribution in [0.1, 0.15) is 24.6 Å². The minimum atomic E-state index is 0.244. The maximum atomic E-state index is 11.4. The van der Waals surface area contributed by atoms with Gasteiger partial charge in [-0.05, 0) is 31.2 Å². The van der Waals surface area contributed by atoms with E-state index in [9.17, 15) is 4.79 Å². The fraction of sp³-hybridized carbons (Fsp3) is 0.545. The standard InChI is InChI=1S/C11H15NOS/c1-8(7-10-3-2-6-14-10)12-11(13)9-4-5-9/h2-3,6,8-9H,4-5,7H2,1H3,(H,12,13). The van der Waals surface area contributed by atoms with E-state index in [1.165, 1.54) is 4.88 Å². The van der Waals surface area contributed by atoms with Crippen LogP contribution in [0.4, 0.5) is 0 Å². The molecule has 1 N–H and O–H groups in total. The van der Waals surface area contributed by atoms with E-state index in [0.717, 1.165) is 19.3 Å². The highest BCUT2D eigenvalue weighted by atomic mass is 32.1. The topological polar surface area (TPSA) is 29.1 Å². The normalized spacial score (nSPS) is 17.8. The third-order valence-electron chi connectivity index (χ3n) is 2.42. The number of hydrogen-bond donors (Lipinski definition) is 1. The average molecular weight is 209 g/mol. The molecule has 0 aromatic carbocycles. The van der Waals surface area contributed by atoms with Crippen LogP contribution in [0.15, 0.2) is 17.5 Å². The van der Waals surface area contributed by atoms with Crippen molar-refractivity contribution in [2.75, 3.05) is 0 Å². The molecule has 1 amide bonds. The molecule has 1 heterocycles. The van der Waals surface area contributed by atoms with Gasteiger partial charge in [-0.2, -0.15) is 0 Å². The van der Waals surface area contributed by atoms with Gasteiger partial charge in [-0.3, -0.25) is 4.79 Å². The summed E-state index contributed by atoms with van der Waals surface area (Å²) in [6.45, 7) is 2.07. The Kier molecular flexibility index (Phi) is 2.87. The van der Waals surface area contributed by atoms with Crippen molar-refractivity contribution in [2.45, 2.75) is 32.2 Å². The molecule has 0 spiro atoms. The van der Waals surface area contributed by atoms with Gasteiger partial charge >= 0.3 is 0 Å². The highest BCUT2D eigenvalue weighted by Crippen LogP contribution is 2.29. The Balaban J connectivity index is 1.78. The van der Waals surface area contributed by atoms with Gasteiger partial charge in [-0.25, -0.2) is 0 Å². The van der Waals surface area contributed by atoms with Gasteiger partial charge in [0.1, 0.15) is 0 Å². The Morgan fingerprint density at radius 1 is 1.71 bits per heavy atom. The van der Waals surface area contributed by atoms with Crippen molar-refractivity contribution in [2.24, 2.45) is 5.92 Å². The molecule has 0 radical (unpaired) electrons.